The quantitative estimate of drug-likeness (QED) is 0.0887. The van der Waals surface area contributed by atoms with E-state index < -0.39 is 0 Å². The van der Waals surface area contributed by atoms with E-state index in [0.29, 0.717) is 28.3 Å². The second kappa shape index (κ2) is 12.5. The summed E-state index contributed by atoms with van der Waals surface area (Å²) in [6.45, 7) is 4.81. The number of carbonyl (C=O) groups is 1. The Morgan fingerprint density at radius 2 is 2.03 bits per heavy atom. The Labute approximate surface area is 225 Å². The predicted molar refractivity (Wildman–Crippen MR) is 147 cm³/mol. The number of phenols is 1. The molecule has 0 aliphatic rings. The molecule has 33 heavy (non-hydrogen) atoms. The Morgan fingerprint density at radius 3 is 2.76 bits per heavy atom. The van der Waals surface area contributed by atoms with Crippen molar-refractivity contribution in [1.29, 1.82) is 0 Å². The minimum absolute atomic E-state index is 0.0366. The molecule has 0 bridgehead atoms. The van der Waals surface area contributed by atoms with Gasteiger partial charge >= 0.3 is 0 Å². The fourth-order valence-corrected chi connectivity index (χ4v) is 5.02. The first-order valence-electron chi connectivity index (χ1n) is 9.52. The normalized spacial score (nSPS) is 11.0. The van der Waals surface area contributed by atoms with Gasteiger partial charge in [-0.05, 0) is 74.9 Å². The summed E-state index contributed by atoms with van der Waals surface area (Å²) >= 11 is 10.1. The van der Waals surface area contributed by atoms with E-state index in [-0.39, 0.29) is 17.4 Å². The zero-order valence-electron chi connectivity index (χ0n) is 17.1. The topological polar surface area (TPSA) is 104 Å². The Hall–Kier alpha value is -1.90. The zero-order chi connectivity index (χ0) is 23.8. The van der Waals surface area contributed by atoms with E-state index >= 15 is 0 Å². The minimum Gasteiger partial charge on any atom is -0.506 e. The first-order valence-corrected chi connectivity index (χ1v) is 13.2. The van der Waals surface area contributed by atoms with E-state index in [0.717, 1.165) is 19.6 Å². The number of rotatable bonds is 10. The molecule has 0 saturated heterocycles. The third-order valence-corrected chi connectivity index (χ3v) is 6.93. The lowest BCUT2D eigenvalue weighted by molar-refractivity contribution is -0.118. The highest BCUT2D eigenvalue weighted by molar-refractivity contribution is 14.1. The number of carbonyl (C=O) groups excluding carboxylic acids is 1. The van der Waals surface area contributed by atoms with Crippen molar-refractivity contribution in [2.75, 3.05) is 11.1 Å². The minimum atomic E-state index is -0.309. The second-order valence-corrected chi connectivity index (χ2v) is 10.5. The number of phenolic OH excluding ortho intramolecular Hbond substituents is 1. The molecule has 1 aromatic heterocycles. The van der Waals surface area contributed by atoms with Gasteiger partial charge < -0.3 is 15.0 Å². The fraction of sp³-hybridized carbons (Fsp3) is 0.143. The molecule has 3 N–H and O–H groups in total. The molecule has 2 aromatic carbocycles. The average molecular weight is 706 g/mol. The highest BCUT2D eigenvalue weighted by Crippen LogP contribution is 2.30. The molecule has 0 aliphatic heterocycles. The van der Waals surface area contributed by atoms with Gasteiger partial charge in [-0.15, -0.1) is 16.8 Å². The summed E-state index contributed by atoms with van der Waals surface area (Å²) in [6.07, 6.45) is 3.14. The highest BCUT2D eigenvalue weighted by atomic mass is 127. The first-order chi connectivity index (χ1) is 15.9. The number of nitrogens with one attached hydrogen (secondary N) is 2. The van der Waals surface area contributed by atoms with E-state index in [1.165, 1.54) is 18.0 Å². The van der Waals surface area contributed by atoms with Gasteiger partial charge in [0, 0.05) is 25.8 Å². The highest BCUT2D eigenvalue weighted by Gasteiger charge is 2.13. The lowest BCUT2D eigenvalue weighted by Gasteiger charge is -2.09. The van der Waals surface area contributed by atoms with Crippen LogP contribution in [0, 0.1) is 3.57 Å². The van der Waals surface area contributed by atoms with Crippen LogP contribution in [0.2, 0.25) is 0 Å². The van der Waals surface area contributed by atoms with Crippen molar-refractivity contribution < 1.29 is 9.90 Å². The van der Waals surface area contributed by atoms with Crippen LogP contribution in [0.4, 0.5) is 5.69 Å². The smallest absolute Gasteiger partial charge is 0.250 e. The van der Waals surface area contributed by atoms with Gasteiger partial charge in [-0.3, -0.25) is 4.79 Å². The number of benzene rings is 2. The molecular formula is C21H19Br2IN6O2S. The molecule has 0 spiro atoms. The Morgan fingerprint density at radius 1 is 1.27 bits per heavy atom. The van der Waals surface area contributed by atoms with E-state index in [1.54, 1.807) is 18.2 Å². The number of amides is 1. The molecule has 0 fully saturated rings. The number of halogens is 3. The second-order valence-electron chi connectivity index (χ2n) is 6.57. The Bertz CT molecular complexity index is 1170. The molecule has 3 rings (SSSR count). The summed E-state index contributed by atoms with van der Waals surface area (Å²) in [7, 11) is 0. The van der Waals surface area contributed by atoms with Gasteiger partial charge in [0.05, 0.1) is 23.0 Å². The maximum absolute atomic E-state index is 12.2. The fourth-order valence-electron chi connectivity index (χ4n) is 2.64. The third kappa shape index (κ3) is 7.55. The maximum Gasteiger partial charge on any atom is 0.250 e. The van der Waals surface area contributed by atoms with Crippen molar-refractivity contribution in [3.05, 3.63) is 73.0 Å². The van der Waals surface area contributed by atoms with Crippen molar-refractivity contribution in [2.24, 2.45) is 5.10 Å². The average Bonchev–Trinajstić information content (AvgIpc) is 3.17. The number of aromatic hydroxyl groups is 1. The molecule has 1 amide bonds. The summed E-state index contributed by atoms with van der Waals surface area (Å²) in [5, 5.41) is 26.4. The summed E-state index contributed by atoms with van der Waals surface area (Å²) in [4.78, 5) is 12.2. The standard InChI is InChI=1S/C21H19Br2IN6O2S/c1-2-7-30-18(11-25-16-5-3-15(24)4-6-16)27-29-21(30)33-12-19(31)28-26-10-13-8-14(22)9-17(23)20(13)32/h2-6,8-10,25,32H,1,7,11-12H2,(H,28,31)/b26-10+. The third-order valence-electron chi connectivity index (χ3n) is 4.18. The number of hydrogen-bond acceptors (Lipinski definition) is 7. The summed E-state index contributed by atoms with van der Waals surface area (Å²) in [6, 6.07) is 11.5. The first kappa shape index (κ1) is 25.7. The van der Waals surface area contributed by atoms with Crippen LogP contribution in [-0.2, 0) is 17.9 Å². The molecular weight excluding hydrogens is 687 g/mol. The number of aromatic nitrogens is 3. The van der Waals surface area contributed by atoms with Gasteiger partial charge in [0.1, 0.15) is 5.75 Å². The largest absolute Gasteiger partial charge is 0.506 e. The van der Waals surface area contributed by atoms with Crippen molar-refractivity contribution in [2.45, 2.75) is 18.2 Å². The lowest BCUT2D eigenvalue weighted by atomic mass is 10.2. The van der Waals surface area contributed by atoms with Gasteiger partial charge in [0.2, 0.25) is 0 Å². The number of hydrazone groups is 1. The number of hydrogen-bond donors (Lipinski definition) is 3. The molecule has 0 saturated carbocycles. The van der Waals surface area contributed by atoms with Crippen molar-refractivity contribution >= 4 is 84.0 Å². The molecule has 0 unspecified atom stereocenters. The van der Waals surface area contributed by atoms with E-state index in [4.69, 9.17) is 0 Å². The molecule has 172 valence electrons. The Balaban J connectivity index is 1.57. The SMILES string of the molecule is C=CCn1c(CNc2ccc(I)cc2)nnc1SCC(=O)N/N=C/c1cc(Br)cc(Br)c1O. The van der Waals surface area contributed by atoms with E-state index in [1.807, 2.05) is 28.8 Å². The molecule has 0 aliphatic carbocycles. The van der Waals surface area contributed by atoms with Gasteiger partial charge in [-0.1, -0.05) is 33.8 Å². The Kier molecular flexibility index (Phi) is 9.77. The van der Waals surface area contributed by atoms with Crippen molar-refractivity contribution in [3.63, 3.8) is 0 Å². The van der Waals surface area contributed by atoms with Crippen molar-refractivity contribution in [1.82, 2.24) is 20.2 Å². The monoisotopic (exact) mass is 704 g/mol. The molecule has 12 heteroatoms. The number of allylic oxidation sites excluding steroid dienone is 1. The summed E-state index contributed by atoms with van der Waals surface area (Å²) in [5.41, 5.74) is 3.90. The van der Waals surface area contributed by atoms with Crippen LogP contribution < -0.4 is 10.7 Å². The molecule has 3 aromatic rings. The predicted octanol–water partition coefficient (Wildman–Crippen LogP) is 5.15. The van der Waals surface area contributed by atoms with Crippen LogP contribution in [-0.4, -0.2) is 37.7 Å². The number of anilines is 1. The van der Waals surface area contributed by atoms with Crippen LogP contribution in [0.15, 0.2) is 68.3 Å². The van der Waals surface area contributed by atoms with Crippen LogP contribution >= 0.6 is 66.2 Å². The van der Waals surface area contributed by atoms with Gasteiger partial charge in [-0.2, -0.15) is 5.10 Å². The van der Waals surface area contributed by atoms with Crippen LogP contribution in [0.3, 0.4) is 0 Å². The number of thioether (sulfide) groups is 1. The van der Waals surface area contributed by atoms with E-state index in [2.05, 4.69) is 87.1 Å². The van der Waals surface area contributed by atoms with Gasteiger partial charge in [-0.25, -0.2) is 5.43 Å². The van der Waals surface area contributed by atoms with Crippen molar-refractivity contribution in [3.8, 4) is 5.75 Å². The molecule has 0 atom stereocenters. The van der Waals surface area contributed by atoms with Gasteiger partial charge in [0.15, 0.2) is 11.0 Å². The molecule has 0 radical (unpaired) electrons. The lowest BCUT2D eigenvalue weighted by Crippen LogP contribution is -2.20. The molecule has 8 nitrogen and oxygen atoms in total. The van der Waals surface area contributed by atoms with Gasteiger partial charge in [0.25, 0.3) is 5.91 Å². The maximum atomic E-state index is 12.2. The zero-order valence-corrected chi connectivity index (χ0v) is 23.3. The van der Waals surface area contributed by atoms with Crippen LogP contribution in [0.25, 0.3) is 0 Å². The van der Waals surface area contributed by atoms with Crippen LogP contribution in [0.5, 0.6) is 5.75 Å². The van der Waals surface area contributed by atoms with Crippen LogP contribution in [0.1, 0.15) is 11.4 Å². The number of nitrogens with zero attached hydrogens (tertiary/aromatic N) is 4. The molecule has 1 heterocycles. The summed E-state index contributed by atoms with van der Waals surface area (Å²) < 4.78 is 4.36. The summed E-state index contributed by atoms with van der Waals surface area (Å²) in [5.74, 6) is 0.571. The van der Waals surface area contributed by atoms with E-state index in [9.17, 15) is 9.90 Å².